The van der Waals surface area contributed by atoms with E-state index in [1.807, 2.05) is 0 Å². The number of thioether (sulfide) groups is 1. The number of anilines is 1. The highest BCUT2D eigenvalue weighted by Crippen LogP contribution is 2.27. The number of nitrogens with zero attached hydrogens (tertiary/aromatic N) is 3. The minimum Gasteiger partial charge on any atom is -0.296 e. The number of carbonyl (C=O) groups is 1. The molecule has 0 atom stereocenters. The van der Waals surface area contributed by atoms with Crippen molar-refractivity contribution < 1.29 is 13.6 Å². The molecule has 0 unspecified atom stereocenters. The number of hydrogen-bond acceptors (Lipinski definition) is 6. The van der Waals surface area contributed by atoms with Gasteiger partial charge in [-0.05, 0) is 30.3 Å². The third-order valence-corrected chi connectivity index (χ3v) is 4.27. The number of aryl methyl sites for hydroxylation is 1. The topological polar surface area (TPSA) is 67.8 Å². The van der Waals surface area contributed by atoms with Crippen LogP contribution in [-0.2, 0) is 6.42 Å². The summed E-state index contributed by atoms with van der Waals surface area (Å²) in [4.78, 5) is 16.0. The first-order valence-corrected chi connectivity index (χ1v) is 8.33. The van der Waals surface area contributed by atoms with Crippen LogP contribution >= 0.6 is 23.1 Å². The van der Waals surface area contributed by atoms with Crippen LogP contribution in [0.5, 0.6) is 0 Å². The zero-order chi connectivity index (χ0) is 15.9. The van der Waals surface area contributed by atoms with Crippen LogP contribution in [0.25, 0.3) is 0 Å². The van der Waals surface area contributed by atoms with E-state index in [2.05, 4.69) is 27.4 Å². The molecule has 2 aromatic heterocycles. The predicted molar refractivity (Wildman–Crippen MR) is 82.6 cm³/mol. The highest BCUT2D eigenvalue weighted by Gasteiger charge is 2.18. The fourth-order valence-electron chi connectivity index (χ4n) is 1.64. The Morgan fingerprint density at radius 2 is 2.27 bits per heavy atom. The number of aromatic nitrogens is 3. The molecule has 0 spiro atoms. The Labute approximate surface area is 134 Å². The van der Waals surface area contributed by atoms with Crippen LogP contribution in [0.2, 0.25) is 0 Å². The Morgan fingerprint density at radius 3 is 3.00 bits per heavy atom. The molecule has 1 amide bonds. The van der Waals surface area contributed by atoms with E-state index in [0.717, 1.165) is 24.3 Å². The van der Waals surface area contributed by atoms with Crippen molar-refractivity contribution >= 4 is 34.1 Å². The van der Waals surface area contributed by atoms with Crippen LogP contribution in [0, 0.1) is 0 Å². The minimum absolute atomic E-state index is 0.00859. The summed E-state index contributed by atoms with van der Waals surface area (Å²) in [6, 6.07) is 2.98. The third kappa shape index (κ3) is 4.70. The second-order valence-electron chi connectivity index (χ2n) is 4.29. The van der Waals surface area contributed by atoms with E-state index in [9.17, 15) is 13.6 Å². The lowest BCUT2D eigenvalue weighted by atomic mass is 10.3. The maximum atomic E-state index is 12.5. The van der Waals surface area contributed by atoms with E-state index in [-0.39, 0.29) is 22.4 Å². The van der Waals surface area contributed by atoms with Crippen LogP contribution in [0.4, 0.5) is 13.9 Å². The Morgan fingerprint density at radius 1 is 1.45 bits per heavy atom. The molecule has 0 aliphatic heterocycles. The molecular formula is C13H14F2N4OS2. The summed E-state index contributed by atoms with van der Waals surface area (Å²) < 4.78 is 25.0. The highest BCUT2D eigenvalue weighted by molar-refractivity contribution is 7.99. The zero-order valence-electron chi connectivity index (χ0n) is 11.8. The average molecular weight is 344 g/mol. The molecule has 0 fully saturated rings. The standard InChI is InChI=1S/C13H14F2N4OS2/c1-2-3-6-9-18-19-13(21-9)17-10(20)8-5-4-7-16-11(8)22-12(14)15/h4-5,7,12H,2-3,6H2,1H3,(H,17,19,20). The molecule has 118 valence electrons. The van der Waals surface area contributed by atoms with E-state index in [1.165, 1.54) is 29.7 Å². The lowest BCUT2D eigenvalue weighted by Gasteiger charge is -2.06. The van der Waals surface area contributed by atoms with Crippen molar-refractivity contribution in [1.29, 1.82) is 0 Å². The van der Waals surface area contributed by atoms with Crippen molar-refractivity contribution in [1.82, 2.24) is 15.2 Å². The van der Waals surface area contributed by atoms with Crippen LogP contribution in [-0.4, -0.2) is 26.8 Å². The molecule has 0 aliphatic rings. The number of alkyl halides is 2. The first-order valence-electron chi connectivity index (χ1n) is 6.63. The van der Waals surface area contributed by atoms with Crippen molar-refractivity contribution in [3.05, 3.63) is 28.9 Å². The number of carbonyl (C=O) groups excluding carboxylic acids is 1. The molecule has 0 saturated heterocycles. The molecule has 5 nitrogen and oxygen atoms in total. The highest BCUT2D eigenvalue weighted by atomic mass is 32.2. The lowest BCUT2D eigenvalue weighted by molar-refractivity contribution is 0.102. The number of unbranched alkanes of at least 4 members (excludes halogenated alkanes) is 1. The van der Waals surface area contributed by atoms with Crippen molar-refractivity contribution in [2.75, 3.05) is 5.32 Å². The van der Waals surface area contributed by atoms with Gasteiger partial charge in [0.2, 0.25) is 5.13 Å². The van der Waals surface area contributed by atoms with Gasteiger partial charge >= 0.3 is 0 Å². The monoisotopic (exact) mass is 344 g/mol. The van der Waals surface area contributed by atoms with Gasteiger partial charge in [0.05, 0.1) is 5.56 Å². The molecule has 0 aromatic carbocycles. The predicted octanol–water partition coefficient (Wildman–Crippen LogP) is 3.84. The zero-order valence-corrected chi connectivity index (χ0v) is 13.4. The molecule has 22 heavy (non-hydrogen) atoms. The number of pyridine rings is 1. The first kappa shape index (κ1) is 16.8. The van der Waals surface area contributed by atoms with Gasteiger partial charge in [-0.15, -0.1) is 10.2 Å². The van der Waals surface area contributed by atoms with Crippen LogP contribution in [0.1, 0.15) is 35.1 Å². The molecule has 2 heterocycles. The Balaban J connectivity index is 2.07. The summed E-state index contributed by atoms with van der Waals surface area (Å²) in [6.45, 7) is 2.08. The number of nitrogens with one attached hydrogen (secondary N) is 1. The fourth-order valence-corrected chi connectivity index (χ4v) is 2.99. The Bertz CT molecular complexity index is 636. The SMILES string of the molecule is CCCCc1nnc(NC(=O)c2cccnc2SC(F)F)s1. The summed E-state index contributed by atoms with van der Waals surface area (Å²) in [6.07, 6.45) is 4.23. The molecule has 1 N–H and O–H groups in total. The van der Waals surface area contributed by atoms with Gasteiger partial charge in [0, 0.05) is 12.6 Å². The molecule has 0 radical (unpaired) electrons. The number of amides is 1. The summed E-state index contributed by atoms with van der Waals surface area (Å²) in [5.41, 5.74) is 0.0955. The van der Waals surface area contributed by atoms with Gasteiger partial charge < -0.3 is 0 Å². The normalized spacial score (nSPS) is 10.9. The third-order valence-electron chi connectivity index (χ3n) is 2.65. The van der Waals surface area contributed by atoms with Gasteiger partial charge in [-0.3, -0.25) is 10.1 Å². The van der Waals surface area contributed by atoms with E-state index >= 15 is 0 Å². The van der Waals surface area contributed by atoms with E-state index in [4.69, 9.17) is 0 Å². The van der Waals surface area contributed by atoms with Gasteiger partial charge in [0.25, 0.3) is 11.7 Å². The number of rotatable bonds is 7. The lowest BCUT2D eigenvalue weighted by Crippen LogP contribution is -2.13. The number of halogens is 2. The quantitative estimate of drug-likeness (QED) is 0.773. The van der Waals surface area contributed by atoms with Crippen molar-refractivity contribution in [2.24, 2.45) is 0 Å². The second-order valence-corrected chi connectivity index (χ2v) is 6.33. The van der Waals surface area contributed by atoms with Gasteiger partial charge in [-0.25, -0.2) is 4.98 Å². The summed E-state index contributed by atoms with van der Waals surface area (Å²) >= 11 is 1.53. The van der Waals surface area contributed by atoms with Crippen molar-refractivity contribution in [3.63, 3.8) is 0 Å². The largest absolute Gasteiger partial charge is 0.296 e. The van der Waals surface area contributed by atoms with Gasteiger partial charge in [0.15, 0.2) is 0 Å². The summed E-state index contributed by atoms with van der Waals surface area (Å²) in [7, 11) is 0. The Kier molecular flexibility index (Phi) is 6.20. The van der Waals surface area contributed by atoms with Crippen LogP contribution in [0.15, 0.2) is 23.4 Å². The van der Waals surface area contributed by atoms with Crippen LogP contribution < -0.4 is 5.32 Å². The minimum atomic E-state index is -2.64. The van der Waals surface area contributed by atoms with Gasteiger partial charge in [-0.2, -0.15) is 8.78 Å². The van der Waals surface area contributed by atoms with Crippen molar-refractivity contribution in [2.45, 2.75) is 37.0 Å². The second kappa shape index (κ2) is 8.14. The van der Waals surface area contributed by atoms with Crippen LogP contribution in [0.3, 0.4) is 0 Å². The Hall–Kier alpha value is -1.61. The molecule has 9 heteroatoms. The van der Waals surface area contributed by atoms with E-state index in [0.29, 0.717) is 5.13 Å². The van der Waals surface area contributed by atoms with Gasteiger partial charge in [0.1, 0.15) is 10.0 Å². The maximum absolute atomic E-state index is 12.5. The molecular weight excluding hydrogens is 330 g/mol. The average Bonchev–Trinajstić information content (AvgIpc) is 2.92. The maximum Gasteiger partial charge on any atom is 0.290 e. The van der Waals surface area contributed by atoms with E-state index < -0.39 is 11.7 Å². The van der Waals surface area contributed by atoms with Gasteiger partial charge in [-0.1, -0.05) is 24.7 Å². The number of hydrogen-bond donors (Lipinski definition) is 1. The molecule has 0 bridgehead atoms. The summed E-state index contributed by atoms with van der Waals surface area (Å²) in [5.74, 6) is -3.15. The summed E-state index contributed by atoms with van der Waals surface area (Å²) in [5, 5.41) is 11.6. The first-order chi connectivity index (χ1) is 10.6. The molecule has 0 saturated carbocycles. The molecule has 2 aromatic rings. The van der Waals surface area contributed by atoms with Crippen molar-refractivity contribution in [3.8, 4) is 0 Å². The smallest absolute Gasteiger partial charge is 0.290 e. The molecule has 0 aliphatic carbocycles. The van der Waals surface area contributed by atoms with E-state index in [1.54, 1.807) is 0 Å². The fraction of sp³-hybridized carbons (Fsp3) is 0.385. The molecule has 2 rings (SSSR count).